The first kappa shape index (κ1) is 20.3. The Morgan fingerprint density at radius 2 is 2.18 bits per heavy atom. The number of thioether (sulfide) groups is 1. The highest BCUT2D eigenvalue weighted by atomic mass is 35.5. The number of allylic oxidation sites excluding steroid dienone is 1. The zero-order chi connectivity index (χ0) is 20.6. The Balaban J connectivity index is 2.08. The number of aliphatic hydroxyl groups is 1. The minimum atomic E-state index is -1.10. The molecule has 1 aromatic carbocycles. The summed E-state index contributed by atoms with van der Waals surface area (Å²) in [6.45, 7) is 1.89. The minimum absolute atomic E-state index is 0.0291. The summed E-state index contributed by atoms with van der Waals surface area (Å²) in [5.74, 6) is -0.843. The van der Waals surface area contributed by atoms with Crippen LogP contribution in [0.3, 0.4) is 0 Å². The van der Waals surface area contributed by atoms with Gasteiger partial charge in [0.1, 0.15) is 23.5 Å². The molecule has 5 N–H and O–H groups in total. The van der Waals surface area contributed by atoms with Gasteiger partial charge in [-0.15, -0.1) is 0 Å². The number of aliphatic carboxylic acids is 1. The summed E-state index contributed by atoms with van der Waals surface area (Å²) in [5.41, 5.74) is 6.23. The molecule has 0 fully saturated rings. The maximum absolute atomic E-state index is 11.1. The molecule has 0 saturated heterocycles. The average molecular weight is 419 g/mol. The summed E-state index contributed by atoms with van der Waals surface area (Å²) < 4.78 is 0. The summed E-state index contributed by atoms with van der Waals surface area (Å²) in [5, 5.41) is 37.8. The van der Waals surface area contributed by atoms with E-state index in [0.29, 0.717) is 16.3 Å². The average Bonchev–Trinajstić information content (AvgIpc) is 2.86. The summed E-state index contributed by atoms with van der Waals surface area (Å²) >= 11 is 7.31. The van der Waals surface area contributed by atoms with E-state index in [9.17, 15) is 15.2 Å². The van der Waals surface area contributed by atoms with Crippen LogP contribution in [-0.4, -0.2) is 44.6 Å². The number of nitrogens with zero attached hydrogens (tertiary/aromatic N) is 2. The van der Waals surface area contributed by atoms with E-state index in [0.717, 1.165) is 0 Å². The predicted molar refractivity (Wildman–Crippen MR) is 110 cm³/mol. The van der Waals surface area contributed by atoms with Crippen LogP contribution >= 0.6 is 23.4 Å². The van der Waals surface area contributed by atoms with E-state index in [-0.39, 0.29) is 34.6 Å². The monoisotopic (exact) mass is 418 g/mol. The van der Waals surface area contributed by atoms with Crippen LogP contribution in [0.25, 0.3) is 0 Å². The van der Waals surface area contributed by atoms with Crippen LogP contribution in [-0.2, 0) is 4.79 Å². The second kappa shape index (κ2) is 7.51. The molecule has 1 aliphatic carbocycles. The first-order valence-electron chi connectivity index (χ1n) is 8.49. The summed E-state index contributed by atoms with van der Waals surface area (Å²) in [7, 11) is 0. The van der Waals surface area contributed by atoms with E-state index in [1.807, 2.05) is 6.92 Å². The molecule has 3 atom stereocenters. The molecule has 7 nitrogen and oxygen atoms in total. The molecule has 0 radical (unpaired) electrons. The van der Waals surface area contributed by atoms with Gasteiger partial charge in [0.05, 0.1) is 11.3 Å². The lowest BCUT2D eigenvalue weighted by atomic mass is 9.81. The van der Waals surface area contributed by atoms with Crippen molar-refractivity contribution in [2.45, 2.75) is 30.2 Å². The highest BCUT2D eigenvalue weighted by Crippen LogP contribution is 2.50. The van der Waals surface area contributed by atoms with Gasteiger partial charge in [-0.3, -0.25) is 10.2 Å². The molecule has 1 aliphatic heterocycles. The first-order valence-corrected chi connectivity index (χ1v) is 9.92. The molecule has 1 heterocycles. The van der Waals surface area contributed by atoms with Gasteiger partial charge in [-0.2, -0.15) is 17.0 Å². The number of anilines is 1. The van der Waals surface area contributed by atoms with E-state index in [2.05, 4.69) is 6.07 Å². The lowest BCUT2D eigenvalue weighted by Crippen LogP contribution is -2.55. The molecule has 9 heteroatoms. The van der Waals surface area contributed by atoms with Crippen LogP contribution in [0, 0.1) is 16.7 Å². The van der Waals surface area contributed by atoms with Crippen molar-refractivity contribution in [2.24, 2.45) is 5.73 Å². The Bertz CT molecular complexity index is 937. The summed E-state index contributed by atoms with van der Waals surface area (Å²) in [4.78, 5) is 12.8. The largest absolute Gasteiger partial charge is 0.512 e. The normalized spacial score (nSPS) is 25.2. The number of nitrogens with two attached hydrogens (primary N) is 1. The molecule has 0 bridgehead atoms. The standard InChI is InChI=1S/C19H19ClN4O3S/c1-19-14(6-12(25)7-16(19)28-9-15(22)18(26)27)13(8-21)17(23)24(19)11-4-2-10(20)3-5-11/h2-6,15-16,23,25H,7,9,22H2,1H3,(H,26,27)/t15-,16?,19?/m0/s1. The number of hydrogen-bond acceptors (Lipinski definition) is 6. The predicted octanol–water partition coefficient (Wildman–Crippen LogP) is 3.08. The molecule has 0 aromatic heterocycles. The maximum atomic E-state index is 11.1. The smallest absolute Gasteiger partial charge is 0.321 e. The number of nitriles is 1. The molecule has 2 unspecified atom stereocenters. The van der Waals surface area contributed by atoms with Crippen molar-refractivity contribution in [1.29, 1.82) is 10.7 Å². The maximum Gasteiger partial charge on any atom is 0.321 e. The van der Waals surface area contributed by atoms with Gasteiger partial charge in [0.2, 0.25) is 0 Å². The van der Waals surface area contributed by atoms with Crippen LogP contribution in [0.2, 0.25) is 5.02 Å². The molecule has 28 heavy (non-hydrogen) atoms. The lowest BCUT2D eigenvalue weighted by molar-refractivity contribution is -0.137. The Morgan fingerprint density at radius 3 is 2.75 bits per heavy atom. The Morgan fingerprint density at radius 1 is 1.54 bits per heavy atom. The molecule has 0 saturated carbocycles. The fourth-order valence-electron chi connectivity index (χ4n) is 3.61. The van der Waals surface area contributed by atoms with E-state index in [1.165, 1.54) is 17.8 Å². The van der Waals surface area contributed by atoms with Crippen molar-refractivity contribution in [3.05, 3.63) is 52.3 Å². The second-order valence-electron chi connectivity index (χ2n) is 6.81. The molecule has 1 aromatic rings. The van der Waals surface area contributed by atoms with E-state index >= 15 is 0 Å². The van der Waals surface area contributed by atoms with Crippen LogP contribution in [0.5, 0.6) is 0 Å². The number of hydrogen-bond donors (Lipinski definition) is 4. The third-order valence-electron chi connectivity index (χ3n) is 5.06. The van der Waals surface area contributed by atoms with Crippen LogP contribution < -0.4 is 10.6 Å². The lowest BCUT2D eigenvalue weighted by Gasteiger charge is -2.45. The Kier molecular flexibility index (Phi) is 5.44. The van der Waals surface area contributed by atoms with Gasteiger partial charge >= 0.3 is 5.97 Å². The molecule has 2 aliphatic rings. The fraction of sp³-hybridized carbons (Fsp3) is 0.316. The number of amidine groups is 1. The van der Waals surface area contributed by atoms with E-state index in [4.69, 9.17) is 27.9 Å². The molecule has 3 rings (SSSR count). The number of halogens is 1. The van der Waals surface area contributed by atoms with Crippen molar-refractivity contribution in [3.63, 3.8) is 0 Å². The quantitative estimate of drug-likeness (QED) is 0.577. The number of fused-ring (bicyclic) bond motifs is 1. The number of rotatable bonds is 5. The van der Waals surface area contributed by atoms with Crippen molar-refractivity contribution >= 4 is 40.9 Å². The van der Waals surface area contributed by atoms with Crippen molar-refractivity contribution in [3.8, 4) is 6.07 Å². The van der Waals surface area contributed by atoms with Gasteiger partial charge in [0.15, 0.2) is 0 Å². The zero-order valence-corrected chi connectivity index (χ0v) is 16.6. The molecule has 0 amide bonds. The number of carboxylic acid groups (broad SMARTS) is 1. The highest BCUT2D eigenvalue weighted by molar-refractivity contribution is 8.00. The number of carboxylic acids is 1. The second-order valence-corrected chi connectivity index (χ2v) is 8.49. The van der Waals surface area contributed by atoms with Crippen molar-refractivity contribution in [1.82, 2.24) is 0 Å². The number of benzene rings is 1. The van der Waals surface area contributed by atoms with Gasteiger partial charge < -0.3 is 20.8 Å². The number of nitrogens with one attached hydrogen (secondary N) is 1. The van der Waals surface area contributed by atoms with Gasteiger partial charge in [0, 0.05) is 33.7 Å². The van der Waals surface area contributed by atoms with Gasteiger partial charge in [-0.05, 0) is 37.3 Å². The summed E-state index contributed by atoms with van der Waals surface area (Å²) in [6, 6.07) is 7.97. The third-order valence-corrected chi connectivity index (χ3v) is 6.89. The van der Waals surface area contributed by atoms with Crippen LogP contribution in [0.1, 0.15) is 13.3 Å². The molecule has 0 spiro atoms. The topological polar surface area (TPSA) is 134 Å². The Labute approximate surface area is 171 Å². The summed E-state index contributed by atoms with van der Waals surface area (Å²) in [6.07, 6.45) is 1.81. The Hall–Kier alpha value is -2.47. The van der Waals surface area contributed by atoms with Gasteiger partial charge in [-0.1, -0.05) is 11.6 Å². The van der Waals surface area contributed by atoms with Crippen molar-refractivity contribution in [2.75, 3.05) is 10.7 Å². The first-order chi connectivity index (χ1) is 13.2. The fourth-order valence-corrected chi connectivity index (χ4v) is 5.16. The van der Waals surface area contributed by atoms with E-state index in [1.54, 1.807) is 29.2 Å². The molecule has 146 valence electrons. The zero-order valence-electron chi connectivity index (χ0n) is 15.0. The van der Waals surface area contributed by atoms with E-state index < -0.39 is 17.6 Å². The molecular weight excluding hydrogens is 400 g/mol. The third kappa shape index (κ3) is 3.26. The minimum Gasteiger partial charge on any atom is -0.512 e. The highest BCUT2D eigenvalue weighted by Gasteiger charge is 2.53. The number of aliphatic hydroxyl groups excluding tert-OH is 1. The van der Waals surface area contributed by atoms with Crippen LogP contribution in [0.15, 0.2) is 47.2 Å². The number of carbonyl (C=O) groups is 1. The van der Waals surface area contributed by atoms with Crippen molar-refractivity contribution < 1.29 is 15.0 Å². The van der Waals surface area contributed by atoms with Gasteiger partial charge in [-0.25, -0.2) is 0 Å². The molecular formula is C19H19ClN4O3S. The SMILES string of the molecule is CC12C(=C(C#N)C(=N)N1c1ccc(Cl)cc1)C=C(O)CC2SC[C@H](N)C(=O)O. The van der Waals surface area contributed by atoms with Crippen LogP contribution in [0.4, 0.5) is 5.69 Å². The van der Waals surface area contributed by atoms with Gasteiger partial charge in [0.25, 0.3) is 0 Å².